The van der Waals surface area contributed by atoms with Gasteiger partial charge in [-0.1, -0.05) is 24.3 Å². The largest absolute Gasteiger partial charge is 0.361 e. The summed E-state index contributed by atoms with van der Waals surface area (Å²) in [5.74, 6) is -0.0114. The van der Waals surface area contributed by atoms with Crippen LogP contribution >= 0.6 is 0 Å². The number of amides is 1. The molecule has 3 aromatic rings. The molecule has 0 bridgehead atoms. The van der Waals surface area contributed by atoms with E-state index in [9.17, 15) is 4.79 Å². The van der Waals surface area contributed by atoms with Gasteiger partial charge in [0, 0.05) is 30.0 Å². The van der Waals surface area contributed by atoms with Crippen LogP contribution in [0.2, 0.25) is 0 Å². The minimum absolute atomic E-state index is 0.0114. The molecule has 0 spiro atoms. The number of rotatable bonds is 2. The highest BCUT2D eigenvalue weighted by molar-refractivity contribution is 6.07. The fourth-order valence-electron chi connectivity index (χ4n) is 2.14. The fourth-order valence-corrected chi connectivity index (χ4v) is 2.14. The molecule has 1 amide bonds. The molecule has 0 atom stereocenters. The van der Waals surface area contributed by atoms with Crippen LogP contribution in [0.25, 0.3) is 10.9 Å². The molecule has 1 heterocycles. The van der Waals surface area contributed by atoms with E-state index in [0.717, 1.165) is 16.6 Å². The van der Waals surface area contributed by atoms with Crippen molar-refractivity contribution in [3.8, 4) is 0 Å². The zero-order valence-corrected chi connectivity index (χ0v) is 10.6. The number of aromatic amines is 1. The molecule has 3 rings (SSSR count). The number of H-pyrrole nitrogens is 1. The van der Waals surface area contributed by atoms with Gasteiger partial charge < -0.3 is 9.88 Å². The number of para-hydroxylation sites is 1. The first-order valence-corrected chi connectivity index (χ1v) is 6.16. The molecule has 0 aliphatic rings. The van der Waals surface area contributed by atoms with Gasteiger partial charge >= 0.3 is 0 Å². The van der Waals surface area contributed by atoms with E-state index in [2.05, 4.69) is 4.98 Å². The Labute approximate surface area is 111 Å². The Kier molecular flexibility index (Phi) is 2.80. The molecule has 0 aliphatic carbocycles. The zero-order chi connectivity index (χ0) is 13.2. The second-order valence-electron chi connectivity index (χ2n) is 4.48. The van der Waals surface area contributed by atoms with Gasteiger partial charge in [-0.15, -0.1) is 0 Å². The lowest BCUT2D eigenvalue weighted by atomic mass is 10.1. The van der Waals surface area contributed by atoms with E-state index in [-0.39, 0.29) is 5.91 Å². The van der Waals surface area contributed by atoms with Crippen molar-refractivity contribution < 1.29 is 4.79 Å². The summed E-state index contributed by atoms with van der Waals surface area (Å²) in [6.45, 7) is 0. The second kappa shape index (κ2) is 4.61. The van der Waals surface area contributed by atoms with E-state index in [1.807, 2.05) is 60.8 Å². The van der Waals surface area contributed by atoms with Crippen LogP contribution in [0.1, 0.15) is 10.4 Å². The maximum Gasteiger partial charge on any atom is 0.258 e. The summed E-state index contributed by atoms with van der Waals surface area (Å²) in [4.78, 5) is 17.2. The second-order valence-corrected chi connectivity index (χ2v) is 4.48. The topological polar surface area (TPSA) is 36.1 Å². The molecule has 1 aromatic heterocycles. The summed E-state index contributed by atoms with van der Waals surface area (Å²) in [6.07, 6.45) is 1.87. The quantitative estimate of drug-likeness (QED) is 0.743. The predicted molar refractivity (Wildman–Crippen MR) is 77.5 cm³/mol. The van der Waals surface area contributed by atoms with E-state index in [1.54, 1.807) is 11.9 Å². The zero-order valence-electron chi connectivity index (χ0n) is 10.6. The van der Waals surface area contributed by atoms with Crippen LogP contribution in [0.4, 0.5) is 5.69 Å². The van der Waals surface area contributed by atoms with Crippen molar-refractivity contribution in [2.45, 2.75) is 0 Å². The highest BCUT2D eigenvalue weighted by Crippen LogP contribution is 2.18. The third-order valence-corrected chi connectivity index (χ3v) is 3.25. The molecule has 0 radical (unpaired) electrons. The van der Waals surface area contributed by atoms with E-state index < -0.39 is 0 Å². The number of nitrogens with one attached hydrogen (secondary N) is 1. The predicted octanol–water partition coefficient (Wildman–Crippen LogP) is 3.44. The number of carbonyl (C=O) groups is 1. The molecule has 3 nitrogen and oxygen atoms in total. The summed E-state index contributed by atoms with van der Waals surface area (Å²) < 4.78 is 0. The molecule has 1 N–H and O–H groups in total. The number of hydrogen-bond donors (Lipinski definition) is 1. The maximum absolute atomic E-state index is 12.4. The van der Waals surface area contributed by atoms with Gasteiger partial charge in [0.2, 0.25) is 0 Å². The Hall–Kier alpha value is -2.55. The first kappa shape index (κ1) is 11.5. The van der Waals surface area contributed by atoms with Crippen LogP contribution in [0, 0.1) is 0 Å². The molecule has 3 heteroatoms. The van der Waals surface area contributed by atoms with Crippen LogP contribution in [0.3, 0.4) is 0 Å². The summed E-state index contributed by atoms with van der Waals surface area (Å²) in [5, 5.41) is 1.11. The van der Waals surface area contributed by atoms with Gasteiger partial charge in [-0.05, 0) is 35.7 Å². The minimum atomic E-state index is -0.0114. The van der Waals surface area contributed by atoms with Crippen LogP contribution in [-0.2, 0) is 0 Å². The lowest BCUT2D eigenvalue weighted by molar-refractivity contribution is 0.0993. The van der Waals surface area contributed by atoms with E-state index in [1.165, 1.54) is 0 Å². The van der Waals surface area contributed by atoms with Crippen LogP contribution in [-0.4, -0.2) is 17.9 Å². The molecule has 2 aromatic carbocycles. The summed E-state index contributed by atoms with van der Waals surface area (Å²) in [5.41, 5.74) is 2.55. The van der Waals surface area contributed by atoms with E-state index >= 15 is 0 Å². The Morgan fingerprint density at radius 1 is 1.05 bits per heavy atom. The molecule has 94 valence electrons. The van der Waals surface area contributed by atoms with Crippen LogP contribution in [0.5, 0.6) is 0 Å². The van der Waals surface area contributed by atoms with E-state index in [0.29, 0.717) is 5.56 Å². The van der Waals surface area contributed by atoms with Gasteiger partial charge in [-0.3, -0.25) is 4.79 Å². The normalized spacial score (nSPS) is 10.6. The average molecular weight is 250 g/mol. The Morgan fingerprint density at radius 2 is 1.84 bits per heavy atom. The SMILES string of the molecule is CN(C(=O)c1ccc2cc[nH]c2c1)c1ccccc1. The number of anilines is 1. The van der Waals surface area contributed by atoms with Gasteiger partial charge in [-0.25, -0.2) is 0 Å². The number of nitrogens with zero attached hydrogens (tertiary/aromatic N) is 1. The fraction of sp³-hybridized carbons (Fsp3) is 0.0625. The Bertz CT molecular complexity index is 716. The first-order valence-electron chi connectivity index (χ1n) is 6.16. The van der Waals surface area contributed by atoms with Gasteiger partial charge in [0.15, 0.2) is 0 Å². The lowest BCUT2D eigenvalue weighted by Crippen LogP contribution is -2.26. The van der Waals surface area contributed by atoms with Gasteiger partial charge in [0.25, 0.3) is 5.91 Å². The van der Waals surface area contributed by atoms with Crippen molar-refractivity contribution in [3.05, 3.63) is 66.4 Å². The van der Waals surface area contributed by atoms with Crippen LogP contribution in [0.15, 0.2) is 60.8 Å². The highest BCUT2D eigenvalue weighted by atomic mass is 16.2. The van der Waals surface area contributed by atoms with Crippen LogP contribution < -0.4 is 4.90 Å². The monoisotopic (exact) mass is 250 g/mol. The van der Waals surface area contributed by atoms with Gasteiger partial charge in [0.05, 0.1) is 0 Å². The third-order valence-electron chi connectivity index (χ3n) is 3.25. The summed E-state index contributed by atoms with van der Waals surface area (Å²) >= 11 is 0. The standard InChI is InChI=1S/C16H14N2O/c1-18(14-5-3-2-4-6-14)16(19)13-8-7-12-9-10-17-15(12)11-13/h2-11,17H,1H3. The molecule has 0 fully saturated rings. The number of carbonyl (C=O) groups excluding carboxylic acids is 1. The molecular formula is C16H14N2O. The number of fused-ring (bicyclic) bond motifs is 1. The van der Waals surface area contributed by atoms with Crippen molar-refractivity contribution in [2.75, 3.05) is 11.9 Å². The molecule has 0 unspecified atom stereocenters. The number of benzene rings is 2. The number of hydrogen-bond acceptors (Lipinski definition) is 1. The molecular weight excluding hydrogens is 236 g/mol. The van der Waals surface area contributed by atoms with Crippen molar-refractivity contribution in [1.82, 2.24) is 4.98 Å². The van der Waals surface area contributed by atoms with E-state index in [4.69, 9.17) is 0 Å². The van der Waals surface area contributed by atoms with Crippen molar-refractivity contribution in [1.29, 1.82) is 0 Å². The maximum atomic E-state index is 12.4. The lowest BCUT2D eigenvalue weighted by Gasteiger charge is -2.17. The van der Waals surface area contributed by atoms with Crippen molar-refractivity contribution in [3.63, 3.8) is 0 Å². The minimum Gasteiger partial charge on any atom is -0.361 e. The molecule has 0 aliphatic heterocycles. The summed E-state index contributed by atoms with van der Waals surface area (Å²) in [6, 6.07) is 17.3. The van der Waals surface area contributed by atoms with Gasteiger partial charge in [0.1, 0.15) is 0 Å². The van der Waals surface area contributed by atoms with Gasteiger partial charge in [-0.2, -0.15) is 0 Å². The first-order chi connectivity index (χ1) is 9.25. The molecule has 0 saturated carbocycles. The summed E-state index contributed by atoms with van der Waals surface area (Å²) in [7, 11) is 1.79. The third kappa shape index (κ3) is 2.10. The smallest absolute Gasteiger partial charge is 0.258 e. The average Bonchev–Trinajstić information content (AvgIpc) is 2.94. The number of aromatic nitrogens is 1. The highest BCUT2D eigenvalue weighted by Gasteiger charge is 2.13. The Morgan fingerprint density at radius 3 is 2.63 bits per heavy atom. The molecule has 19 heavy (non-hydrogen) atoms. The van der Waals surface area contributed by atoms with Crippen molar-refractivity contribution >= 4 is 22.5 Å². The molecule has 0 saturated heterocycles. The van der Waals surface area contributed by atoms with Crippen molar-refractivity contribution in [2.24, 2.45) is 0 Å². The Balaban J connectivity index is 1.95.